The second-order valence-corrected chi connectivity index (χ2v) is 3.25. The lowest BCUT2D eigenvalue weighted by Crippen LogP contribution is -2.30. The summed E-state index contributed by atoms with van der Waals surface area (Å²) in [5.74, 6) is 0.00477. The Bertz CT molecular complexity index is 196. The molecule has 0 spiro atoms. The maximum absolute atomic E-state index is 12.8. The number of halogens is 1. The summed E-state index contributed by atoms with van der Waals surface area (Å²) in [6.07, 6.45) is 3.50. The minimum Gasteiger partial charge on any atom is -0.293 e. The van der Waals surface area contributed by atoms with Gasteiger partial charge in [0.25, 0.3) is 0 Å². The summed E-state index contributed by atoms with van der Waals surface area (Å²) in [7, 11) is 0. The first-order valence-electron chi connectivity index (χ1n) is 4.46. The van der Waals surface area contributed by atoms with Crippen LogP contribution < -0.4 is 0 Å². The minimum atomic E-state index is 0.00477. The van der Waals surface area contributed by atoms with Crippen LogP contribution in [0.1, 0.15) is 19.8 Å². The fourth-order valence-corrected chi connectivity index (χ4v) is 1.32. The molecule has 0 aromatic carbocycles. The van der Waals surface area contributed by atoms with Crippen LogP contribution >= 0.6 is 0 Å². The molecule has 0 bridgehead atoms. The molecule has 1 aliphatic rings. The Labute approximate surface area is 73.6 Å². The quantitative estimate of drug-likeness (QED) is 0.587. The molecule has 0 unspecified atom stereocenters. The Kier molecular flexibility index (Phi) is 3.48. The van der Waals surface area contributed by atoms with Crippen molar-refractivity contribution < 1.29 is 4.39 Å². The molecule has 0 aromatic heterocycles. The van der Waals surface area contributed by atoms with Crippen LogP contribution in [0.3, 0.4) is 0 Å². The van der Waals surface area contributed by atoms with Crippen molar-refractivity contribution >= 4 is 0 Å². The van der Waals surface area contributed by atoms with Crippen molar-refractivity contribution in [2.24, 2.45) is 0 Å². The van der Waals surface area contributed by atoms with Crippen molar-refractivity contribution in [3.63, 3.8) is 0 Å². The molecule has 0 radical (unpaired) electrons. The van der Waals surface area contributed by atoms with Gasteiger partial charge in [-0.1, -0.05) is 25.2 Å². The maximum atomic E-state index is 12.8. The molecule has 0 saturated carbocycles. The fourth-order valence-electron chi connectivity index (χ4n) is 1.32. The molecular formula is C10H16FN. The van der Waals surface area contributed by atoms with Gasteiger partial charge in [-0.15, -0.1) is 0 Å². The topological polar surface area (TPSA) is 3.24 Å². The highest BCUT2D eigenvalue weighted by Crippen LogP contribution is 2.12. The molecule has 0 aliphatic carbocycles. The van der Waals surface area contributed by atoms with E-state index in [4.69, 9.17) is 0 Å². The zero-order valence-electron chi connectivity index (χ0n) is 7.65. The molecule has 0 N–H and O–H groups in total. The molecular weight excluding hydrogens is 153 g/mol. The van der Waals surface area contributed by atoms with Gasteiger partial charge in [-0.05, 0) is 12.8 Å². The summed E-state index contributed by atoms with van der Waals surface area (Å²) in [6.45, 7) is 8.27. The second kappa shape index (κ2) is 4.41. The molecule has 0 saturated heterocycles. The summed E-state index contributed by atoms with van der Waals surface area (Å²) in [4.78, 5) is 2.10. The average Bonchev–Trinajstić information content (AvgIpc) is 2.04. The van der Waals surface area contributed by atoms with Gasteiger partial charge in [0, 0.05) is 13.1 Å². The second-order valence-electron chi connectivity index (χ2n) is 3.25. The minimum absolute atomic E-state index is 0.00477. The third-order valence-corrected chi connectivity index (χ3v) is 2.13. The van der Waals surface area contributed by atoms with Crippen molar-refractivity contribution in [2.45, 2.75) is 19.8 Å². The molecule has 0 atom stereocenters. The van der Waals surface area contributed by atoms with Crippen molar-refractivity contribution in [1.29, 1.82) is 0 Å². The highest BCUT2D eigenvalue weighted by Gasteiger charge is 2.11. The van der Waals surface area contributed by atoms with E-state index >= 15 is 0 Å². The lowest BCUT2D eigenvalue weighted by molar-refractivity contribution is 0.286. The van der Waals surface area contributed by atoms with E-state index in [1.165, 1.54) is 5.57 Å². The standard InChI is InChI=1S/C10H16FN/c1-3-9(2)7-12-6-4-5-10(11)8-12/h5H,2-4,6-8H2,1H3. The van der Waals surface area contributed by atoms with Crippen LogP contribution in [0.15, 0.2) is 24.1 Å². The van der Waals surface area contributed by atoms with E-state index in [9.17, 15) is 4.39 Å². The lowest BCUT2D eigenvalue weighted by Gasteiger charge is -2.24. The SMILES string of the molecule is C=C(CC)CN1CCC=C(F)C1. The monoisotopic (exact) mass is 169 g/mol. The van der Waals surface area contributed by atoms with Crippen LogP contribution in [0.2, 0.25) is 0 Å². The molecule has 1 heterocycles. The van der Waals surface area contributed by atoms with Crippen molar-refractivity contribution in [3.8, 4) is 0 Å². The molecule has 1 nitrogen and oxygen atoms in total. The van der Waals surface area contributed by atoms with E-state index in [1.807, 2.05) is 0 Å². The van der Waals surface area contributed by atoms with Gasteiger partial charge in [-0.2, -0.15) is 0 Å². The van der Waals surface area contributed by atoms with Crippen LogP contribution in [0.25, 0.3) is 0 Å². The summed E-state index contributed by atoms with van der Waals surface area (Å²) in [6, 6.07) is 0. The van der Waals surface area contributed by atoms with Crippen molar-refractivity contribution in [2.75, 3.05) is 19.6 Å². The number of nitrogens with zero attached hydrogens (tertiary/aromatic N) is 1. The van der Waals surface area contributed by atoms with E-state index in [1.54, 1.807) is 6.08 Å². The van der Waals surface area contributed by atoms with Crippen molar-refractivity contribution in [3.05, 3.63) is 24.1 Å². The number of hydrogen-bond donors (Lipinski definition) is 0. The van der Waals surface area contributed by atoms with Gasteiger partial charge in [0.15, 0.2) is 0 Å². The van der Waals surface area contributed by atoms with Gasteiger partial charge in [0.05, 0.1) is 6.54 Å². The Balaban J connectivity index is 2.35. The summed E-state index contributed by atoms with van der Waals surface area (Å²) in [5.41, 5.74) is 1.18. The fraction of sp³-hybridized carbons (Fsp3) is 0.600. The molecule has 1 rings (SSSR count). The Morgan fingerprint density at radius 1 is 1.75 bits per heavy atom. The largest absolute Gasteiger partial charge is 0.293 e. The zero-order valence-corrected chi connectivity index (χ0v) is 7.65. The number of hydrogen-bond acceptors (Lipinski definition) is 1. The average molecular weight is 169 g/mol. The highest BCUT2D eigenvalue weighted by atomic mass is 19.1. The first-order chi connectivity index (χ1) is 5.72. The summed E-state index contributed by atoms with van der Waals surface area (Å²) in [5, 5.41) is 0. The van der Waals surface area contributed by atoms with Crippen LogP contribution in [0.4, 0.5) is 4.39 Å². The van der Waals surface area contributed by atoms with Crippen LogP contribution in [0, 0.1) is 0 Å². The molecule has 12 heavy (non-hydrogen) atoms. The summed E-state index contributed by atoms with van der Waals surface area (Å²) < 4.78 is 12.8. The Morgan fingerprint density at radius 2 is 2.50 bits per heavy atom. The summed E-state index contributed by atoms with van der Waals surface area (Å²) >= 11 is 0. The highest BCUT2D eigenvalue weighted by molar-refractivity contribution is 5.03. The van der Waals surface area contributed by atoms with Gasteiger partial charge in [0.2, 0.25) is 0 Å². The predicted molar refractivity (Wildman–Crippen MR) is 49.7 cm³/mol. The molecule has 68 valence electrons. The van der Waals surface area contributed by atoms with Gasteiger partial charge < -0.3 is 0 Å². The first kappa shape index (κ1) is 9.46. The first-order valence-corrected chi connectivity index (χ1v) is 4.46. The Morgan fingerprint density at radius 3 is 3.08 bits per heavy atom. The molecule has 2 heteroatoms. The smallest absolute Gasteiger partial charge is 0.110 e. The van der Waals surface area contributed by atoms with Gasteiger partial charge in [0.1, 0.15) is 5.83 Å². The Hall–Kier alpha value is -0.630. The van der Waals surface area contributed by atoms with E-state index < -0.39 is 0 Å². The third kappa shape index (κ3) is 2.78. The van der Waals surface area contributed by atoms with Crippen LogP contribution in [-0.2, 0) is 0 Å². The van der Waals surface area contributed by atoms with E-state index in [0.717, 1.165) is 25.9 Å². The maximum Gasteiger partial charge on any atom is 0.110 e. The van der Waals surface area contributed by atoms with Crippen molar-refractivity contribution in [1.82, 2.24) is 4.90 Å². The molecule has 0 amide bonds. The lowest BCUT2D eigenvalue weighted by atomic mass is 10.2. The van der Waals surface area contributed by atoms with Crippen LogP contribution in [-0.4, -0.2) is 24.5 Å². The molecule has 0 fully saturated rings. The van der Waals surface area contributed by atoms with E-state index in [0.29, 0.717) is 6.54 Å². The van der Waals surface area contributed by atoms with E-state index in [-0.39, 0.29) is 5.83 Å². The van der Waals surface area contributed by atoms with Crippen LogP contribution in [0.5, 0.6) is 0 Å². The molecule has 1 aliphatic heterocycles. The zero-order chi connectivity index (χ0) is 8.97. The van der Waals surface area contributed by atoms with E-state index in [2.05, 4.69) is 18.4 Å². The van der Waals surface area contributed by atoms with Gasteiger partial charge in [-0.25, -0.2) is 4.39 Å². The molecule has 0 aromatic rings. The number of rotatable bonds is 3. The third-order valence-electron chi connectivity index (χ3n) is 2.13. The predicted octanol–water partition coefficient (Wildman–Crippen LogP) is 2.51. The van der Waals surface area contributed by atoms with Gasteiger partial charge in [-0.3, -0.25) is 4.90 Å². The van der Waals surface area contributed by atoms with Gasteiger partial charge >= 0.3 is 0 Å². The normalized spacial score (nSPS) is 19.0.